The van der Waals surface area contributed by atoms with Crippen molar-refractivity contribution in [2.24, 2.45) is 0 Å². The highest BCUT2D eigenvalue weighted by molar-refractivity contribution is 5.89. The Balaban J connectivity index is 2.27. The van der Waals surface area contributed by atoms with Crippen molar-refractivity contribution in [2.75, 3.05) is 28.4 Å². The molecule has 0 aliphatic heterocycles. The Bertz CT molecular complexity index is 587. The monoisotopic (exact) mass is 350 g/mol. The highest BCUT2D eigenvalue weighted by atomic mass is 16.5. The number of esters is 1. The fraction of sp³-hybridized carbons (Fsp3) is 0.526. The summed E-state index contributed by atoms with van der Waals surface area (Å²) in [5.74, 6) is 1.52. The molecule has 0 aromatic heterocycles. The Morgan fingerprint density at radius 3 is 1.96 bits per heavy atom. The highest BCUT2D eigenvalue weighted by Gasteiger charge is 2.20. The third-order valence-corrected chi connectivity index (χ3v) is 4.27. The quantitative estimate of drug-likeness (QED) is 0.553. The molecule has 0 spiro atoms. The molecule has 2 rings (SSSR count). The van der Waals surface area contributed by atoms with Crippen LogP contribution in [-0.4, -0.2) is 40.5 Å². The molecular weight excluding hydrogens is 324 g/mol. The lowest BCUT2D eigenvalue weighted by Gasteiger charge is -2.21. The summed E-state index contributed by atoms with van der Waals surface area (Å²) in [7, 11) is 6.13. The maximum Gasteiger partial charge on any atom is 0.331 e. The van der Waals surface area contributed by atoms with Gasteiger partial charge in [0.05, 0.1) is 34.0 Å². The van der Waals surface area contributed by atoms with Crippen LogP contribution in [0.2, 0.25) is 0 Å². The maximum absolute atomic E-state index is 12.1. The zero-order chi connectivity index (χ0) is 18.2. The number of ether oxygens (including phenoxy) is 5. The molecule has 1 aliphatic carbocycles. The summed E-state index contributed by atoms with van der Waals surface area (Å²) in [6.45, 7) is 0. The Hall–Kier alpha value is -2.37. The standard InChI is InChI=1S/C19H26O6/c1-21-15-12-16(22-2)19(24-4)14(18(15)23-3)10-11-17(20)25-13-8-6-5-7-9-13/h10-13H,5-9H2,1-4H3. The van der Waals surface area contributed by atoms with E-state index in [2.05, 4.69) is 0 Å². The van der Waals surface area contributed by atoms with Crippen molar-refractivity contribution in [3.05, 3.63) is 17.7 Å². The van der Waals surface area contributed by atoms with Crippen molar-refractivity contribution in [1.82, 2.24) is 0 Å². The lowest BCUT2D eigenvalue weighted by molar-refractivity contribution is -0.144. The molecule has 0 saturated heterocycles. The van der Waals surface area contributed by atoms with Crippen LogP contribution in [-0.2, 0) is 9.53 Å². The normalized spacial score (nSPS) is 15.0. The first-order valence-electron chi connectivity index (χ1n) is 8.40. The van der Waals surface area contributed by atoms with E-state index < -0.39 is 0 Å². The molecule has 0 amide bonds. The van der Waals surface area contributed by atoms with Gasteiger partial charge < -0.3 is 23.7 Å². The van der Waals surface area contributed by atoms with Crippen LogP contribution in [0, 0.1) is 0 Å². The van der Waals surface area contributed by atoms with Crippen LogP contribution in [0.1, 0.15) is 37.7 Å². The zero-order valence-electron chi connectivity index (χ0n) is 15.3. The second-order valence-electron chi connectivity index (χ2n) is 5.79. The fourth-order valence-electron chi connectivity index (χ4n) is 3.03. The molecule has 1 saturated carbocycles. The number of methoxy groups -OCH3 is 4. The average molecular weight is 350 g/mol. The number of carbonyl (C=O) groups is 1. The Morgan fingerprint density at radius 1 is 0.920 bits per heavy atom. The van der Waals surface area contributed by atoms with Gasteiger partial charge in [-0.2, -0.15) is 0 Å². The third-order valence-electron chi connectivity index (χ3n) is 4.27. The molecule has 0 N–H and O–H groups in total. The first-order valence-corrected chi connectivity index (χ1v) is 8.40. The minimum atomic E-state index is -0.377. The molecule has 25 heavy (non-hydrogen) atoms. The summed E-state index contributed by atoms with van der Waals surface area (Å²) in [6, 6.07) is 1.68. The number of carbonyl (C=O) groups excluding carboxylic acids is 1. The lowest BCUT2D eigenvalue weighted by atomic mass is 9.98. The summed E-state index contributed by atoms with van der Waals surface area (Å²) in [5.41, 5.74) is 0.557. The van der Waals surface area contributed by atoms with E-state index in [9.17, 15) is 4.79 Å². The summed E-state index contributed by atoms with van der Waals surface area (Å²) in [6.07, 6.45) is 8.28. The van der Waals surface area contributed by atoms with Crippen LogP contribution < -0.4 is 18.9 Å². The molecule has 1 fully saturated rings. The summed E-state index contributed by atoms with van der Waals surface area (Å²) < 4.78 is 27.0. The van der Waals surface area contributed by atoms with E-state index in [1.807, 2.05) is 0 Å². The van der Waals surface area contributed by atoms with Crippen LogP contribution in [0.5, 0.6) is 23.0 Å². The lowest BCUT2D eigenvalue weighted by Crippen LogP contribution is -2.19. The molecule has 6 nitrogen and oxygen atoms in total. The molecular formula is C19H26O6. The van der Waals surface area contributed by atoms with Crippen molar-refractivity contribution >= 4 is 12.0 Å². The predicted octanol–water partition coefficient (Wildman–Crippen LogP) is 3.61. The van der Waals surface area contributed by atoms with Gasteiger partial charge in [0.25, 0.3) is 0 Å². The second kappa shape index (κ2) is 9.20. The van der Waals surface area contributed by atoms with Gasteiger partial charge in [0, 0.05) is 12.1 Å². The molecule has 0 heterocycles. The average Bonchev–Trinajstić information content (AvgIpc) is 2.65. The van der Waals surface area contributed by atoms with E-state index in [4.69, 9.17) is 23.7 Å². The summed E-state index contributed by atoms with van der Waals surface area (Å²) in [5, 5.41) is 0. The summed E-state index contributed by atoms with van der Waals surface area (Å²) >= 11 is 0. The highest BCUT2D eigenvalue weighted by Crippen LogP contribution is 2.45. The second-order valence-corrected chi connectivity index (χ2v) is 5.79. The van der Waals surface area contributed by atoms with Crippen LogP contribution in [0.4, 0.5) is 0 Å². The molecule has 0 radical (unpaired) electrons. The maximum atomic E-state index is 12.1. The van der Waals surface area contributed by atoms with E-state index >= 15 is 0 Å². The van der Waals surface area contributed by atoms with Gasteiger partial charge >= 0.3 is 5.97 Å². The molecule has 6 heteroatoms. The van der Waals surface area contributed by atoms with Crippen molar-refractivity contribution in [3.8, 4) is 23.0 Å². The van der Waals surface area contributed by atoms with Crippen LogP contribution in [0.3, 0.4) is 0 Å². The van der Waals surface area contributed by atoms with Crippen molar-refractivity contribution in [2.45, 2.75) is 38.2 Å². The van der Waals surface area contributed by atoms with Crippen molar-refractivity contribution in [1.29, 1.82) is 0 Å². The van der Waals surface area contributed by atoms with Gasteiger partial charge in [-0.1, -0.05) is 6.42 Å². The minimum Gasteiger partial charge on any atom is -0.493 e. The molecule has 1 aliphatic rings. The number of hydrogen-bond donors (Lipinski definition) is 0. The molecule has 138 valence electrons. The molecule has 1 aromatic rings. The van der Waals surface area contributed by atoms with Gasteiger partial charge in [-0.25, -0.2) is 4.79 Å². The topological polar surface area (TPSA) is 63.2 Å². The van der Waals surface area contributed by atoms with Gasteiger partial charge in [-0.15, -0.1) is 0 Å². The van der Waals surface area contributed by atoms with E-state index in [1.165, 1.54) is 40.9 Å². The van der Waals surface area contributed by atoms with Crippen LogP contribution >= 0.6 is 0 Å². The van der Waals surface area contributed by atoms with Gasteiger partial charge in [0.1, 0.15) is 6.10 Å². The van der Waals surface area contributed by atoms with E-state index in [0.717, 1.165) is 25.7 Å². The first kappa shape index (κ1) is 19.0. The fourth-order valence-corrected chi connectivity index (χ4v) is 3.03. The molecule has 0 bridgehead atoms. The zero-order valence-corrected chi connectivity index (χ0v) is 15.3. The smallest absolute Gasteiger partial charge is 0.331 e. The van der Waals surface area contributed by atoms with Crippen LogP contribution in [0.15, 0.2) is 12.1 Å². The first-order chi connectivity index (χ1) is 12.1. The van der Waals surface area contributed by atoms with Crippen molar-refractivity contribution < 1.29 is 28.5 Å². The molecule has 0 atom stereocenters. The van der Waals surface area contributed by atoms with E-state index in [1.54, 1.807) is 12.1 Å². The Kier molecular flexibility index (Phi) is 6.98. The molecule has 0 unspecified atom stereocenters. The minimum absolute atomic E-state index is 0.00883. The van der Waals surface area contributed by atoms with E-state index in [-0.39, 0.29) is 12.1 Å². The van der Waals surface area contributed by atoms with Gasteiger partial charge in [0.2, 0.25) is 0 Å². The summed E-state index contributed by atoms with van der Waals surface area (Å²) in [4.78, 5) is 12.1. The largest absolute Gasteiger partial charge is 0.493 e. The van der Waals surface area contributed by atoms with Gasteiger partial charge in [-0.05, 0) is 31.8 Å². The predicted molar refractivity (Wildman–Crippen MR) is 94.6 cm³/mol. The Morgan fingerprint density at radius 2 is 1.48 bits per heavy atom. The SMILES string of the molecule is COc1cc(OC)c(OC)c(C=CC(=O)OC2CCCCC2)c1OC. The van der Waals surface area contributed by atoms with Gasteiger partial charge in [-0.3, -0.25) is 0 Å². The Labute approximate surface area is 148 Å². The number of benzene rings is 1. The van der Waals surface area contributed by atoms with E-state index in [0.29, 0.717) is 28.6 Å². The van der Waals surface area contributed by atoms with Crippen molar-refractivity contribution in [3.63, 3.8) is 0 Å². The number of hydrogen-bond acceptors (Lipinski definition) is 6. The van der Waals surface area contributed by atoms with Crippen LogP contribution in [0.25, 0.3) is 6.08 Å². The number of rotatable bonds is 7. The molecule has 1 aromatic carbocycles. The third kappa shape index (κ3) is 4.59. The van der Waals surface area contributed by atoms with Gasteiger partial charge in [0.15, 0.2) is 23.0 Å².